The van der Waals surface area contributed by atoms with Crippen LogP contribution in [0, 0.1) is 0 Å². The van der Waals surface area contributed by atoms with Crippen LogP contribution >= 0.6 is 0 Å². The van der Waals surface area contributed by atoms with Crippen LogP contribution < -0.4 is 0 Å². The second-order valence-corrected chi connectivity index (χ2v) is 2.23. The molecule has 1 rings (SSSR count). The minimum Gasteiger partial charge on any atom is -0.386 e. The molecule has 0 aliphatic heterocycles. The predicted octanol–water partition coefficient (Wildman–Crippen LogP) is 0.224. The minimum absolute atomic E-state index is 0.699. The largest absolute Gasteiger partial charge is 0.386 e. The van der Waals surface area contributed by atoms with Gasteiger partial charge in [0.25, 0.3) is 0 Å². The van der Waals surface area contributed by atoms with Crippen molar-refractivity contribution < 1.29 is 10.2 Å². The van der Waals surface area contributed by atoms with Crippen LogP contribution in [0.25, 0.3) is 0 Å². The zero-order chi connectivity index (χ0) is 6.85. The molecule has 0 aromatic heterocycles. The molecule has 0 aromatic rings. The van der Waals surface area contributed by atoms with Gasteiger partial charge < -0.3 is 10.2 Å². The van der Waals surface area contributed by atoms with Crippen molar-refractivity contribution in [2.45, 2.75) is 19.1 Å². The van der Waals surface area contributed by atoms with Gasteiger partial charge in [0.05, 0.1) is 0 Å². The maximum atomic E-state index is 9.08. The van der Waals surface area contributed by atoms with Crippen LogP contribution in [0.15, 0.2) is 23.8 Å². The summed E-state index contributed by atoms with van der Waals surface area (Å²) in [6, 6.07) is 0. The molecule has 0 bridgehead atoms. The summed E-state index contributed by atoms with van der Waals surface area (Å²) in [5.41, 5.74) is 0.810. The molecule has 0 saturated heterocycles. The van der Waals surface area contributed by atoms with Gasteiger partial charge in [0.2, 0.25) is 0 Å². The maximum absolute atomic E-state index is 9.08. The van der Waals surface area contributed by atoms with Crippen LogP contribution in [-0.2, 0) is 0 Å². The van der Waals surface area contributed by atoms with E-state index in [1.165, 1.54) is 0 Å². The monoisotopic (exact) mass is 126 g/mol. The molecule has 2 heteroatoms. The number of allylic oxidation sites excluding steroid dienone is 2. The molecular weight excluding hydrogens is 116 g/mol. The van der Waals surface area contributed by atoms with Gasteiger partial charge in [-0.2, -0.15) is 0 Å². The Hall–Kier alpha value is -0.600. The van der Waals surface area contributed by atoms with Gasteiger partial charge in [-0.15, -0.1) is 0 Å². The van der Waals surface area contributed by atoms with Crippen LogP contribution in [-0.4, -0.2) is 22.4 Å². The van der Waals surface area contributed by atoms with E-state index in [0.29, 0.717) is 0 Å². The predicted molar refractivity (Wildman–Crippen MR) is 34.9 cm³/mol. The van der Waals surface area contributed by atoms with E-state index in [-0.39, 0.29) is 0 Å². The van der Waals surface area contributed by atoms with Gasteiger partial charge in [0.1, 0.15) is 12.2 Å². The van der Waals surface area contributed by atoms with Gasteiger partial charge in [0.15, 0.2) is 0 Å². The lowest BCUT2D eigenvalue weighted by molar-refractivity contribution is 0.0716. The number of aliphatic hydroxyl groups excluding tert-OH is 2. The molecule has 1 aliphatic carbocycles. The van der Waals surface area contributed by atoms with Crippen LogP contribution in [0.4, 0.5) is 0 Å². The van der Waals surface area contributed by atoms with E-state index in [0.717, 1.165) is 5.57 Å². The summed E-state index contributed by atoms with van der Waals surface area (Å²) < 4.78 is 0. The van der Waals surface area contributed by atoms with E-state index in [1.54, 1.807) is 25.2 Å². The maximum Gasteiger partial charge on any atom is 0.105 e. The molecule has 0 spiro atoms. The highest BCUT2D eigenvalue weighted by Gasteiger charge is 2.16. The highest BCUT2D eigenvalue weighted by molar-refractivity contribution is 5.23. The number of rotatable bonds is 0. The molecular formula is C7H10O2. The van der Waals surface area contributed by atoms with Crippen molar-refractivity contribution in [2.75, 3.05) is 0 Å². The molecule has 0 aromatic carbocycles. The number of aliphatic hydroxyl groups is 2. The molecule has 0 heterocycles. The molecule has 1 aliphatic rings. The summed E-state index contributed by atoms with van der Waals surface area (Å²) in [6.45, 7) is 1.79. The molecule has 9 heavy (non-hydrogen) atoms. The van der Waals surface area contributed by atoms with Crippen molar-refractivity contribution >= 4 is 0 Å². The van der Waals surface area contributed by atoms with E-state index >= 15 is 0 Å². The van der Waals surface area contributed by atoms with Crippen LogP contribution in [0.2, 0.25) is 0 Å². The zero-order valence-electron chi connectivity index (χ0n) is 5.28. The Morgan fingerprint density at radius 3 is 2.56 bits per heavy atom. The van der Waals surface area contributed by atoms with Gasteiger partial charge in [-0.25, -0.2) is 0 Å². The van der Waals surface area contributed by atoms with E-state index < -0.39 is 12.2 Å². The molecule has 2 N–H and O–H groups in total. The molecule has 1 unspecified atom stereocenters. The lowest BCUT2D eigenvalue weighted by Crippen LogP contribution is -2.26. The Balaban J connectivity index is 2.73. The van der Waals surface area contributed by atoms with Crippen molar-refractivity contribution in [1.29, 1.82) is 0 Å². The van der Waals surface area contributed by atoms with Crippen molar-refractivity contribution in [3.63, 3.8) is 0 Å². The summed E-state index contributed by atoms with van der Waals surface area (Å²) in [6.07, 6.45) is 3.69. The summed E-state index contributed by atoms with van der Waals surface area (Å²) in [7, 11) is 0. The summed E-state index contributed by atoms with van der Waals surface area (Å²) in [5, 5.41) is 18.0. The number of hydrogen-bond donors (Lipinski definition) is 2. The first-order valence-electron chi connectivity index (χ1n) is 2.93. The Labute approximate surface area is 54.1 Å². The lowest BCUT2D eigenvalue weighted by atomic mass is 10.0. The average Bonchev–Trinajstić information content (AvgIpc) is 1.83. The second kappa shape index (κ2) is 2.33. The van der Waals surface area contributed by atoms with E-state index in [2.05, 4.69) is 0 Å². The average molecular weight is 126 g/mol. The molecule has 0 fully saturated rings. The molecule has 0 saturated carbocycles. The van der Waals surface area contributed by atoms with E-state index in [4.69, 9.17) is 10.2 Å². The molecule has 50 valence electrons. The SMILES string of the molecule is CC1=CC=CC(O)[C@@H]1O. The van der Waals surface area contributed by atoms with Gasteiger partial charge in [-0.1, -0.05) is 18.2 Å². The van der Waals surface area contributed by atoms with E-state index in [1.807, 2.05) is 0 Å². The fourth-order valence-electron chi connectivity index (χ4n) is 0.794. The first-order chi connectivity index (χ1) is 4.22. The molecule has 2 nitrogen and oxygen atoms in total. The Morgan fingerprint density at radius 2 is 2.11 bits per heavy atom. The van der Waals surface area contributed by atoms with Gasteiger partial charge >= 0.3 is 0 Å². The van der Waals surface area contributed by atoms with Gasteiger partial charge in [-0.3, -0.25) is 0 Å². The second-order valence-electron chi connectivity index (χ2n) is 2.23. The fourth-order valence-corrected chi connectivity index (χ4v) is 0.794. The molecule has 0 radical (unpaired) electrons. The van der Waals surface area contributed by atoms with Gasteiger partial charge in [0, 0.05) is 0 Å². The highest BCUT2D eigenvalue weighted by Crippen LogP contribution is 2.11. The summed E-state index contributed by atoms with van der Waals surface area (Å²) in [4.78, 5) is 0. The zero-order valence-corrected chi connectivity index (χ0v) is 5.28. The Bertz CT molecular complexity index is 158. The third-order valence-electron chi connectivity index (χ3n) is 1.46. The third kappa shape index (κ3) is 1.20. The van der Waals surface area contributed by atoms with Crippen LogP contribution in [0.1, 0.15) is 6.92 Å². The Kier molecular flexibility index (Phi) is 1.69. The van der Waals surface area contributed by atoms with E-state index in [9.17, 15) is 0 Å². The topological polar surface area (TPSA) is 40.5 Å². The first kappa shape index (κ1) is 6.52. The van der Waals surface area contributed by atoms with Gasteiger partial charge in [-0.05, 0) is 12.5 Å². The van der Waals surface area contributed by atoms with Crippen LogP contribution in [0.5, 0.6) is 0 Å². The van der Waals surface area contributed by atoms with Crippen molar-refractivity contribution in [3.8, 4) is 0 Å². The summed E-state index contributed by atoms with van der Waals surface area (Å²) in [5.74, 6) is 0. The van der Waals surface area contributed by atoms with Crippen molar-refractivity contribution in [2.24, 2.45) is 0 Å². The Morgan fingerprint density at radius 1 is 1.44 bits per heavy atom. The molecule has 0 amide bonds. The smallest absolute Gasteiger partial charge is 0.105 e. The third-order valence-corrected chi connectivity index (χ3v) is 1.46. The summed E-state index contributed by atoms with van der Waals surface area (Å²) >= 11 is 0. The first-order valence-corrected chi connectivity index (χ1v) is 2.93. The fraction of sp³-hybridized carbons (Fsp3) is 0.429. The molecule has 2 atom stereocenters. The minimum atomic E-state index is -0.713. The van der Waals surface area contributed by atoms with Crippen molar-refractivity contribution in [3.05, 3.63) is 23.8 Å². The number of hydrogen-bond acceptors (Lipinski definition) is 2. The van der Waals surface area contributed by atoms with Crippen molar-refractivity contribution in [1.82, 2.24) is 0 Å². The highest BCUT2D eigenvalue weighted by atomic mass is 16.3. The normalized spacial score (nSPS) is 34.3. The quantitative estimate of drug-likeness (QED) is 0.487. The standard InChI is InChI=1S/C7H10O2/c1-5-3-2-4-6(8)7(5)9/h2-4,6-9H,1H3/t6?,7-/m1/s1. The van der Waals surface area contributed by atoms with Crippen LogP contribution in [0.3, 0.4) is 0 Å². The lowest BCUT2D eigenvalue weighted by Gasteiger charge is -2.17.